The largest absolute Gasteiger partial charge is 0.366 e. The van der Waals surface area contributed by atoms with Crippen LogP contribution in [0.1, 0.15) is 30.4 Å². The summed E-state index contributed by atoms with van der Waals surface area (Å²) in [6.45, 7) is 1.99. The number of anilines is 1. The Hall–Kier alpha value is -2.03. The minimum atomic E-state index is -0.393. The van der Waals surface area contributed by atoms with E-state index >= 15 is 0 Å². The predicted molar refractivity (Wildman–Crippen MR) is 55.8 cm³/mol. The Balaban J connectivity index is 2.59. The molecule has 0 aliphatic carbocycles. The Morgan fingerprint density at radius 3 is 3.00 bits per heavy atom. The first-order valence-corrected chi connectivity index (χ1v) is 4.62. The average Bonchev–Trinajstić information content (AvgIpc) is 2.64. The van der Waals surface area contributed by atoms with Crippen LogP contribution in [0, 0.1) is 12.3 Å². The number of nitrogen functional groups attached to an aromatic ring is 1. The number of nitrogens with two attached hydrogens (primary N) is 1. The Bertz CT molecular complexity index is 378. The van der Waals surface area contributed by atoms with E-state index < -0.39 is 5.91 Å². The Morgan fingerprint density at radius 1 is 1.80 bits per heavy atom. The number of hydrogen-bond acceptors (Lipinski definition) is 4. The molecule has 15 heavy (non-hydrogen) atoms. The molecule has 1 heterocycles. The van der Waals surface area contributed by atoms with Gasteiger partial charge in [0.15, 0.2) is 0 Å². The lowest BCUT2D eigenvalue weighted by Gasteiger charge is -2.09. The van der Waals surface area contributed by atoms with Crippen LogP contribution >= 0.6 is 0 Å². The van der Waals surface area contributed by atoms with Gasteiger partial charge < -0.3 is 11.1 Å². The smallest absolute Gasteiger partial charge is 0.289 e. The first kappa shape index (κ1) is 11.0. The number of nitrogens with one attached hydrogen (secondary N) is 2. The van der Waals surface area contributed by atoms with Crippen LogP contribution in [0.5, 0.6) is 0 Å². The van der Waals surface area contributed by atoms with Gasteiger partial charge in [-0.05, 0) is 6.42 Å². The number of carbonyl (C=O) groups is 1. The standard InChI is InChI=1S/C9H13N5O/c1-3-5-6(4-2)11-8(15)7-12-9(10)14-13-7/h2,6H,3,5H2,1H3,(H,11,15)(H3,10,12,13,14). The number of terminal acetylenes is 1. The molecule has 0 fully saturated rings. The molecule has 0 aliphatic heterocycles. The van der Waals surface area contributed by atoms with Gasteiger partial charge in [0.2, 0.25) is 11.8 Å². The van der Waals surface area contributed by atoms with E-state index in [4.69, 9.17) is 12.2 Å². The summed E-state index contributed by atoms with van der Waals surface area (Å²) in [4.78, 5) is 15.2. The molecular formula is C9H13N5O. The number of nitrogens with zero attached hydrogens (tertiary/aromatic N) is 2. The van der Waals surface area contributed by atoms with Crippen LogP contribution in [0.15, 0.2) is 0 Å². The molecule has 6 nitrogen and oxygen atoms in total. The van der Waals surface area contributed by atoms with Crippen molar-refractivity contribution in [1.82, 2.24) is 20.5 Å². The van der Waals surface area contributed by atoms with Gasteiger partial charge >= 0.3 is 0 Å². The predicted octanol–water partition coefficient (Wildman–Crippen LogP) is -0.0814. The number of carbonyl (C=O) groups excluding carboxylic acids is 1. The van der Waals surface area contributed by atoms with Gasteiger partial charge in [-0.3, -0.25) is 9.89 Å². The third-order valence-electron chi connectivity index (χ3n) is 1.80. The average molecular weight is 207 g/mol. The molecule has 0 aromatic carbocycles. The van der Waals surface area contributed by atoms with Crippen LogP contribution in [0.2, 0.25) is 0 Å². The maximum absolute atomic E-state index is 11.5. The highest BCUT2D eigenvalue weighted by Gasteiger charge is 2.13. The Labute approximate surface area is 87.7 Å². The van der Waals surface area contributed by atoms with Gasteiger partial charge in [0, 0.05) is 0 Å². The highest BCUT2D eigenvalue weighted by atomic mass is 16.2. The summed E-state index contributed by atoms with van der Waals surface area (Å²) in [6.07, 6.45) is 6.88. The van der Waals surface area contributed by atoms with Crippen molar-refractivity contribution in [3.63, 3.8) is 0 Å². The number of amides is 1. The molecule has 0 aliphatic rings. The third-order valence-corrected chi connectivity index (χ3v) is 1.80. The normalized spacial score (nSPS) is 11.7. The van der Waals surface area contributed by atoms with E-state index in [-0.39, 0.29) is 17.8 Å². The van der Waals surface area contributed by atoms with Crippen LogP contribution in [0.25, 0.3) is 0 Å². The van der Waals surface area contributed by atoms with Crippen molar-refractivity contribution in [3.05, 3.63) is 5.82 Å². The quantitative estimate of drug-likeness (QED) is 0.601. The zero-order valence-electron chi connectivity index (χ0n) is 8.45. The van der Waals surface area contributed by atoms with Crippen LogP contribution in [-0.2, 0) is 0 Å². The highest BCUT2D eigenvalue weighted by Crippen LogP contribution is 1.98. The summed E-state index contributed by atoms with van der Waals surface area (Å²) in [5, 5.41) is 8.59. The topological polar surface area (TPSA) is 96.7 Å². The minimum Gasteiger partial charge on any atom is -0.366 e. The number of rotatable bonds is 4. The van der Waals surface area contributed by atoms with Crippen LogP contribution in [-0.4, -0.2) is 27.1 Å². The SMILES string of the molecule is C#CC(CCC)NC(=O)c1nc(N)n[nH]1. The van der Waals surface area contributed by atoms with E-state index in [1.54, 1.807) is 0 Å². The molecule has 1 aromatic heterocycles. The second-order valence-electron chi connectivity index (χ2n) is 3.02. The molecule has 1 aromatic rings. The van der Waals surface area contributed by atoms with Gasteiger partial charge in [-0.2, -0.15) is 4.98 Å². The summed E-state index contributed by atoms with van der Waals surface area (Å²) >= 11 is 0. The van der Waals surface area contributed by atoms with Gasteiger partial charge in [-0.25, -0.2) is 0 Å². The summed E-state index contributed by atoms with van der Waals surface area (Å²) in [5.41, 5.74) is 5.26. The van der Waals surface area contributed by atoms with Crippen molar-refractivity contribution in [2.24, 2.45) is 0 Å². The number of hydrogen-bond donors (Lipinski definition) is 3. The van der Waals surface area contributed by atoms with Crippen molar-refractivity contribution in [2.45, 2.75) is 25.8 Å². The van der Waals surface area contributed by atoms with Gasteiger partial charge in [-0.15, -0.1) is 11.5 Å². The lowest BCUT2D eigenvalue weighted by Crippen LogP contribution is -2.34. The van der Waals surface area contributed by atoms with Crippen molar-refractivity contribution in [2.75, 3.05) is 5.73 Å². The van der Waals surface area contributed by atoms with E-state index in [9.17, 15) is 4.79 Å². The lowest BCUT2D eigenvalue weighted by atomic mass is 10.2. The molecule has 4 N–H and O–H groups in total. The fraction of sp³-hybridized carbons (Fsp3) is 0.444. The summed E-state index contributed by atoms with van der Waals surface area (Å²) in [7, 11) is 0. The molecule has 6 heteroatoms. The number of aromatic nitrogens is 3. The van der Waals surface area contributed by atoms with Crippen LogP contribution in [0.3, 0.4) is 0 Å². The first-order valence-electron chi connectivity index (χ1n) is 4.62. The Morgan fingerprint density at radius 2 is 2.53 bits per heavy atom. The molecule has 1 unspecified atom stereocenters. The zero-order chi connectivity index (χ0) is 11.3. The maximum atomic E-state index is 11.5. The Kier molecular flexibility index (Phi) is 3.68. The molecule has 0 bridgehead atoms. The molecular weight excluding hydrogens is 194 g/mol. The molecule has 0 saturated heterocycles. The maximum Gasteiger partial charge on any atom is 0.289 e. The van der Waals surface area contributed by atoms with E-state index in [0.29, 0.717) is 0 Å². The highest BCUT2D eigenvalue weighted by molar-refractivity contribution is 5.91. The number of aromatic amines is 1. The summed E-state index contributed by atoms with van der Waals surface area (Å²) < 4.78 is 0. The lowest BCUT2D eigenvalue weighted by molar-refractivity contribution is 0.0934. The minimum absolute atomic E-state index is 0.0351. The van der Waals surface area contributed by atoms with Gasteiger partial charge in [-0.1, -0.05) is 19.3 Å². The summed E-state index contributed by atoms with van der Waals surface area (Å²) in [5.74, 6) is 2.20. The van der Waals surface area contributed by atoms with Gasteiger partial charge in [0.05, 0.1) is 6.04 Å². The summed E-state index contributed by atoms with van der Waals surface area (Å²) in [6, 6.07) is -0.283. The second-order valence-corrected chi connectivity index (χ2v) is 3.02. The van der Waals surface area contributed by atoms with E-state index in [0.717, 1.165) is 12.8 Å². The molecule has 1 atom stereocenters. The molecule has 0 radical (unpaired) electrons. The molecule has 0 saturated carbocycles. The van der Waals surface area contributed by atoms with Crippen molar-refractivity contribution in [3.8, 4) is 12.3 Å². The van der Waals surface area contributed by atoms with Crippen molar-refractivity contribution >= 4 is 11.9 Å². The van der Waals surface area contributed by atoms with E-state index in [2.05, 4.69) is 26.4 Å². The zero-order valence-corrected chi connectivity index (χ0v) is 8.45. The van der Waals surface area contributed by atoms with E-state index in [1.165, 1.54) is 0 Å². The molecule has 80 valence electrons. The first-order chi connectivity index (χ1) is 7.17. The molecule has 0 spiro atoms. The second kappa shape index (κ2) is 5.00. The third kappa shape index (κ3) is 2.98. The van der Waals surface area contributed by atoms with Crippen LogP contribution < -0.4 is 11.1 Å². The van der Waals surface area contributed by atoms with Crippen LogP contribution in [0.4, 0.5) is 5.95 Å². The van der Waals surface area contributed by atoms with Gasteiger partial charge in [0.1, 0.15) is 0 Å². The monoisotopic (exact) mass is 207 g/mol. The molecule has 1 amide bonds. The fourth-order valence-corrected chi connectivity index (χ4v) is 1.09. The van der Waals surface area contributed by atoms with E-state index in [1.807, 2.05) is 6.92 Å². The van der Waals surface area contributed by atoms with Crippen molar-refractivity contribution in [1.29, 1.82) is 0 Å². The molecule has 1 rings (SSSR count). The number of H-pyrrole nitrogens is 1. The fourth-order valence-electron chi connectivity index (χ4n) is 1.09. The van der Waals surface area contributed by atoms with Gasteiger partial charge in [0.25, 0.3) is 5.91 Å². The van der Waals surface area contributed by atoms with Crippen molar-refractivity contribution < 1.29 is 4.79 Å².